The van der Waals surface area contributed by atoms with Crippen molar-refractivity contribution < 1.29 is 13.9 Å². The predicted octanol–water partition coefficient (Wildman–Crippen LogP) is 2.51. The molecule has 2 unspecified atom stereocenters. The monoisotopic (exact) mass is 256 g/mol. The van der Waals surface area contributed by atoms with Gasteiger partial charge in [0.05, 0.1) is 11.4 Å². The summed E-state index contributed by atoms with van der Waals surface area (Å²) in [6.45, 7) is 0.0985. The van der Waals surface area contributed by atoms with Crippen molar-refractivity contribution in [1.82, 2.24) is 0 Å². The maximum atomic E-state index is 13.2. The fraction of sp³-hybridized carbons (Fsp3) is 0.538. The molecular weight excluding hydrogens is 238 g/mol. The fourth-order valence-corrected chi connectivity index (χ4v) is 2.50. The topological polar surface area (TPSA) is 58.3 Å². The summed E-state index contributed by atoms with van der Waals surface area (Å²) in [4.78, 5) is 0. The van der Waals surface area contributed by atoms with E-state index in [1.54, 1.807) is 0 Å². The van der Waals surface area contributed by atoms with Crippen LogP contribution in [0.2, 0.25) is 0 Å². The van der Waals surface area contributed by atoms with E-state index in [9.17, 15) is 13.9 Å². The second-order valence-corrected chi connectivity index (χ2v) is 4.83. The summed E-state index contributed by atoms with van der Waals surface area (Å²) >= 11 is 0. The van der Waals surface area contributed by atoms with Gasteiger partial charge in [-0.25, -0.2) is 8.78 Å². The molecule has 18 heavy (non-hydrogen) atoms. The zero-order valence-electron chi connectivity index (χ0n) is 10.1. The van der Waals surface area contributed by atoms with Crippen LogP contribution in [0.3, 0.4) is 0 Å². The highest BCUT2D eigenvalue weighted by Crippen LogP contribution is 2.30. The zero-order chi connectivity index (χ0) is 13.1. The second-order valence-electron chi connectivity index (χ2n) is 4.83. The second kappa shape index (κ2) is 5.52. The quantitative estimate of drug-likeness (QED) is 0.728. The summed E-state index contributed by atoms with van der Waals surface area (Å²) in [6, 6.07) is 2.12. The molecule has 1 aliphatic carbocycles. The van der Waals surface area contributed by atoms with E-state index in [2.05, 4.69) is 5.32 Å². The lowest BCUT2D eigenvalue weighted by molar-refractivity contribution is 0.178. The molecule has 0 radical (unpaired) electrons. The number of hydrogen-bond acceptors (Lipinski definition) is 3. The van der Waals surface area contributed by atoms with Gasteiger partial charge >= 0.3 is 0 Å². The van der Waals surface area contributed by atoms with E-state index in [0.29, 0.717) is 5.69 Å². The van der Waals surface area contributed by atoms with Gasteiger partial charge in [0, 0.05) is 30.7 Å². The lowest BCUT2D eigenvalue weighted by atomic mass is 9.85. The van der Waals surface area contributed by atoms with Crippen molar-refractivity contribution in [1.29, 1.82) is 0 Å². The summed E-state index contributed by atoms with van der Waals surface area (Å²) in [6.07, 6.45) is 4.01. The van der Waals surface area contributed by atoms with E-state index in [-0.39, 0.29) is 24.3 Å². The van der Waals surface area contributed by atoms with Crippen molar-refractivity contribution in [2.24, 2.45) is 5.92 Å². The molecule has 0 heterocycles. The van der Waals surface area contributed by atoms with Crippen molar-refractivity contribution >= 4 is 11.4 Å². The first-order valence-electron chi connectivity index (χ1n) is 6.23. The SMILES string of the molecule is Nc1cc(F)c(F)cc1NC1CCCCC1CO. The molecule has 0 aliphatic heterocycles. The zero-order valence-corrected chi connectivity index (χ0v) is 10.1. The molecule has 0 saturated heterocycles. The van der Waals surface area contributed by atoms with Gasteiger partial charge in [0.1, 0.15) is 0 Å². The Morgan fingerprint density at radius 1 is 1.22 bits per heavy atom. The van der Waals surface area contributed by atoms with Crippen molar-refractivity contribution in [2.75, 3.05) is 17.7 Å². The molecule has 2 atom stereocenters. The standard InChI is InChI=1S/C13H18F2N2O/c14-9-5-11(16)13(6-10(9)15)17-12-4-2-1-3-8(12)7-18/h5-6,8,12,17-18H,1-4,7,16H2. The van der Waals surface area contributed by atoms with Crippen LogP contribution in [0.1, 0.15) is 25.7 Å². The summed E-state index contributed by atoms with van der Waals surface area (Å²) in [5.41, 5.74) is 6.26. The molecule has 0 aromatic heterocycles. The molecule has 1 fully saturated rings. The van der Waals surface area contributed by atoms with E-state index in [1.165, 1.54) is 0 Å². The fourth-order valence-electron chi connectivity index (χ4n) is 2.50. The highest BCUT2D eigenvalue weighted by molar-refractivity contribution is 5.66. The third-order valence-corrected chi connectivity index (χ3v) is 3.58. The Morgan fingerprint density at radius 2 is 1.89 bits per heavy atom. The maximum absolute atomic E-state index is 13.2. The average molecular weight is 256 g/mol. The Kier molecular flexibility index (Phi) is 4.01. The van der Waals surface area contributed by atoms with Crippen molar-refractivity contribution in [2.45, 2.75) is 31.7 Å². The average Bonchev–Trinajstić information content (AvgIpc) is 2.36. The first-order chi connectivity index (χ1) is 8.61. The highest BCUT2D eigenvalue weighted by atomic mass is 19.2. The van der Waals surface area contributed by atoms with Crippen LogP contribution in [0.4, 0.5) is 20.2 Å². The number of nitrogen functional groups attached to an aromatic ring is 1. The lowest BCUT2D eigenvalue weighted by Crippen LogP contribution is -2.34. The van der Waals surface area contributed by atoms with Crippen molar-refractivity contribution in [3.05, 3.63) is 23.8 Å². The van der Waals surface area contributed by atoms with Gasteiger partial charge in [0.2, 0.25) is 0 Å². The number of anilines is 2. The van der Waals surface area contributed by atoms with E-state index in [4.69, 9.17) is 5.73 Å². The minimum atomic E-state index is -0.944. The van der Waals surface area contributed by atoms with E-state index < -0.39 is 11.6 Å². The molecule has 1 aromatic rings. The van der Waals surface area contributed by atoms with Crippen LogP contribution in [0.5, 0.6) is 0 Å². The van der Waals surface area contributed by atoms with Crippen LogP contribution in [0.25, 0.3) is 0 Å². The number of nitrogens with two attached hydrogens (primary N) is 1. The number of rotatable bonds is 3. The molecule has 0 amide bonds. The van der Waals surface area contributed by atoms with Gasteiger partial charge in [0.15, 0.2) is 11.6 Å². The van der Waals surface area contributed by atoms with Crippen LogP contribution in [0, 0.1) is 17.6 Å². The Labute approximate surface area is 105 Å². The first kappa shape index (κ1) is 13.1. The highest BCUT2D eigenvalue weighted by Gasteiger charge is 2.25. The Bertz CT molecular complexity index is 426. The van der Waals surface area contributed by atoms with Crippen LogP contribution < -0.4 is 11.1 Å². The molecular formula is C13H18F2N2O. The summed E-state index contributed by atoms with van der Waals surface area (Å²) < 4.78 is 26.1. The van der Waals surface area contributed by atoms with Gasteiger partial charge in [-0.3, -0.25) is 0 Å². The van der Waals surface area contributed by atoms with Gasteiger partial charge in [-0.05, 0) is 12.8 Å². The van der Waals surface area contributed by atoms with Crippen LogP contribution in [0.15, 0.2) is 12.1 Å². The molecule has 100 valence electrons. The largest absolute Gasteiger partial charge is 0.397 e. The van der Waals surface area contributed by atoms with Gasteiger partial charge in [0.25, 0.3) is 0 Å². The minimum Gasteiger partial charge on any atom is -0.397 e. The number of aliphatic hydroxyl groups is 1. The smallest absolute Gasteiger partial charge is 0.161 e. The van der Waals surface area contributed by atoms with Crippen molar-refractivity contribution in [3.8, 4) is 0 Å². The van der Waals surface area contributed by atoms with Gasteiger partial charge in [-0.2, -0.15) is 0 Å². The number of nitrogens with one attached hydrogen (secondary N) is 1. The number of aliphatic hydroxyl groups excluding tert-OH is 1. The molecule has 1 aromatic carbocycles. The summed E-state index contributed by atoms with van der Waals surface area (Å²) in [7, 11) is 0. The van der Waals surface area contributed by atoms with Crippen molar-refractivity contribution in [3.63, 3.8) is 0 Å². The van der Waals surface area contributed by atoms with E-state index in [1.807, 2.05) is 0 Å². The molecule has 1 saturated carbocycles. The van der Waals surface area contributed by atoms with Gasteiger partial charge in [-0.15, -0.1) is 0 Å². The normalized spacial score (nSPS) is 23.9. The number of hydrogen-bond donors (Lipinski definition) is 3. The first-order valence-corrected chi connectivity index (χ1v) is 6.23. The minimum absolute atomic E-state index is 0.0657. The molecule has 0 spiro atoms. The third kappa shape index (κ3) is 2.72. The third-order valence-electron chi connectivity index (χ3n) is 3.58. The molecule has 4 N–H and O–H groups in total. The summed E-state index contributed by atoms with van der Waals surface area (Å²) in [5, 5.41) is 12.4. The number of benzene rings is 1. The predicted molar refractivity (Wildman–Crippen MR) is 67.2 cm³/mol. The Morgan fingerprint density at radius 3 is 2.61 bits per heavy atom. The van der Waals surface area contributed by atoms with E-state index in [0.717, 1.165) is 37.8 Å². The molecule has 0 bridgehead atoms. The maximum Gasteiger partial charge on any atom is 0.161 e. The molecule has 2 rings (SSSR count). The summed E-state index contributed by atoms with van der Waals surface area (Å²) in [5.74, 6) is -1.71. The Hall–Kier alpha value is -1.36. The molecule has 1 aliphatic rings. The lowest BCUT2D eigenvalue weighted by Gasteiger charge is -2.32. The van der Waals surface area contributed by atoms with Crippen LogP contribution >= 0.6 is 0 Å². The van der Waals surface area contributed by atoms with Crippen LogP contribution in [-0.2, 0) is 0 Å². The van der Waals surface area contributed by atoms with Crippen LogP contribution in [-0.4, -0.2) is 17.8 Å². The number of halogens is 2. The van der Waals surface area contributed by atoms with Gasteiger partial charge in [-0.1, -0.05) is 12.8 Å². The Balaban J connectivity index is 2.15. The van der Waals surface area contributed by atoms with Gasteiger partial charge < -0.3 is 16.2 Å². The molecule has 5 heteroatoms. The van der Waals surface area contributed by atoms with E-state index >= 15 is 0 Å². The molecule has 3 nitrogen and oxygen atoms in total.